The summed E-state index contributed by atoms with van der Waals surface area (Å²) in [6.45, 7) is 6.61. The molecular formula is C25H35N3O. The second-order valence-electron chi connectivity index (χ2n) is 9.07. The summed E-state index contributed by atoms with van der Waals surface area (Å²) >= 11 is 0. The molecule has 1 aliphatic heterocycles. The van der Waals surface area contributed by atoms with E-state index in [1.807, 2.05) is 6.07 Å². The first kappa shape index (κ1) is 20.2. The number of nitrogens with one attached hydrogen (secondary N) is 1. The highest BCUT2D eigenvalue weighted by molar-refractivity contribution is 5.96. The number of nitrogens with zero attached hydrogens (tertiary/aromatic N) is 2. The molecule has 1 aromatic carbocycles. The lowest BCUT2D eigenvalue weighted by Gasteiger charge is -2.28. The number of carbonyl (C=O) groups is 1. The average molecular weight is 394 g/mol. The van der Waals surface area contributed by atoms with Crippen molar-refractivity contribution in [3.05, 3.63) is 29.8 Å². The van der Waals surface area contributed by atoms with E-state index in [1.165, 1.54) is 50.5 Å². The Morgan fingerprint density at radius 3 is 2.59 bits per heavy atom. The van der Waals surface area contributed by atoms with Gasteiger partial charge in [-0.2, -0.15) is 0 Å². The zero-order chi connectivity index (χ0) is 20.2. The molecule has 0 atom stereocenters. The largest absolute Gasteiger partial charge is 0.357 e. The molecule has 0 bridgehead atoms. The summed E-state index contributed by atoms with van der Waals surface area (Å²) < 4.78 is 0. The number of aromatic nitrogens is 1. The Hall–Kier alpha value is -2.10. The number of pyridine rings is 1. The van der Waals surface area contributed by atoms with E-state index in [0.717, 1.165) is 54.3 Å². The van der Waals surface area contributed by atoms with Gasteiger partial charge in [0.15, 0.2) is 0 Å². The maximum Gasteiger partial charge on any atom is 0.227 e. The number of fused-ring (bicyclic) bond motifs is 1. The van der Waals surface area contributed by atoms with Crippen LogP contribution in [0.4, 0.5) is 11.5 Å². The summed E-state index contributed by atoms with van der Waals surface area (Å²) in [5.41, 5.74) is 3.14. The van der Waals surface area contributed by atoms with Crippen LogP contribution in [0.3, 0.4) is 0 Å². The molecule has 2 heterocycles. The second kappa shape index (κ2) is 9.15. The van der Waals surface area contributed by atoms with Crippen LogP contribution in [0.15, 0.2) is 24.3 Å². The first-order valence-corrected chi connectivity index (χ1v) is 11.6. The minimum absolute atomic E-state index is 0.166. The predicted molar refractivity (Wildman–Crippen MR) is 122 cm³/mol. The number of aryl methyl sites for hydroxylation is 1. The monoisotopic (exact) mass is 393 g/mol. The summed E-state index contributed by atoms with van der Waals surface area (Å²) in [6.07, 6.45) is 10.9. The van der Waals surface area contributed by atoms with Crippen LogP contribution in [0.1, 0.15) is 70.3 Å². The molecular weight excluding hydrogens is 358 g/mol. The van der Waals surface area contributed by atoms with Crippen molar-refractivity contribution in [2.45, 2.75) is 71.6 Å². The Labute approximate surface area is 175 Å². The topological polar surface area (TPSA) is 45.2 Å². The number of amides is 1. The molecule has 0 unspecified atom stereocenters. The van der Waals surface area contributed by atoms with Gasteiger partial charge in [-0.05, 0) is 87.6 Å². The van der Waals surface area contributed by atoms with Crippen LogP contribution in [-0.2, 0) is 4.79 Å². The second-order valence-corrected chi connectivity index (χ2v) is 9.07. The third-order valence-electron chi connectivity index (χ3n) is 6.86. The number of anilines is 2. The molecule has 1 saturated heterocycles. The fraction of sp³-hybridized carbons (Fsp3) is 0.600. The van der Waals surface area contributed by atoms with Gasteiger partial charge < -0.3 is 10.2 Å². The maximum atomic E-state index is 12.8. The van der Waals surface area contributed by atoms with Gasteiger partial charge >= 0.3 is 0 Å². The average Bonchev–Trinajstić information content (AvgIpc) is 2.75. The van der Waals surface area contributed by atoms with Gasteiger partial charge in [-0.15, -0.1) is 0 Å². The molecule has 1 aromatic heterocycles. The molecule has 1 N–H and O–H groups in total. The molecule has 156 valence electrons. The fourth-order valence-electron chi connectivity index (χ4n) is 5.11. The van der Waals surface area contributed by atoms with E-state index in [-0.39, 0.29) is 11.8 Å². The number of benzene rings is 1. The number of carbonyl (C=O) groups excluding carboxylic acids is 1. The molecule has 29 heavy (non-hydrogen) atoms. The Morgan fingerprint density at radius 1 is 1.10 bits per heavy atom. The predicted octanol–water partition coefficient (Wildman–Crippen LogP) is 6.08. The van der Waals surface area contributed by atoms with Gasteiger partial charge in [0.2, 0.25) is 5.91 Å². The zero-order valence-electron chi connectivity index (χ0n) is 18.0. The lowest BCUT2D eigenvalue weighted by Crippen LogP contribution is -2.30. The van der Waals surface area contributed by atoms with Gasteiger partial charge in [-0.3, -0.25) is 4.79 Å². The van der Waals surface area contributed by atoms with Crippen LogP contribution in [-0.4, -0.2) is 24.0 Å². The smallest absolute Gasteiger partial charge is 0.227 e. The highest BCUT2D eigenvalue weighted by atomic mass is 16.1. The van der Waals surface area contributed by atoms with Crippen LogP contribution in [0, 0.1) is 18.8 Å². The van der Waals surface area contributed by atoms with Crippen molar-refractivity contribution >= 4 is 28.3 Å². The van der Waals surface area contributed by atoms with Crippen molar-refractivity contribution < 1.29 is 4.79 Å². The van der Waals surface area contributed by atoms with Gasteiger partial charge in [-0.25, -0.2) is 4.98 Å². The van der Waals surface area contributed by atoms with E-state index in [4.69, 9.17) is 4.98 Å². The Kier molecular flexibility index (Phi) is 6.37. The van der Waals surface area contributed by atoms with Gasteiger partial charge in [0.25, 0.3) is 0 Å². The normalized spacial score (nSPS) is 22.6. The Balaban J connectivity index is 1.45. The number of rotatable bonds is 5. The molecule has 4 rings (SSSR count). The van der Waals surface area contributed by atoms with Crippen molar-refractivity contribution in [1.29, 1.82) is 0 Å². The van der Waals surface area contributed by atoms with Crippen LogP contribution < -0.4 is 10.2 Å². The first-order valence-electron chi connectivity index (χ1n) is 11.6. The van der Waals surface area contributed by atoms with E-state index >= 15 is 0 Å². The molecule has 0 radical (unpaired) electrons. The summed E-state index contributed by atoms with van der Waals surface area (Å²) in [7, 11) is 0. The summed E-state index contributed by atoms with van der Waals surface area (Å²) in [5, 5.41) is 4.31. The Morgan fingerprint density at radius 2 is 1.86 bits per heavy atom. The Bertz CT molecular complexity index is 849. The van der Waals surface area contributed by atoms with Gasteiger partial charge in [0, 0.05) is 30.1 Å². The summed E-state index contributed by atoms with van der Waals surface area (Å²) in [5.74, 6) is 2.28. The molecule has 0 spiro atoms. The SMILES string of the molecule is CCCC1CCC(C(=O)Nc2ccc3nc(N4CCCCC4)cc(C)c3c2)CC1. The van der Waals surface area contributed by atoms with E-state index in [2.05, 4.69) is 42.3 Å². The molecule has 4 nitrogen and oxygen atoms in total. The summed E-state index contributed by atoms with van der Waals surface area (Å²) in [6, 6.07) is 8.37. The van der Waals surface area contributed by atoms with Gasteiger partial charge in [0.05, 0.1) is 5.52 Å². The third kappa shape index (κ3) is 4.73. The molecule has 2 fully saturated rings. The van der Waals surface area contributed by atoms with Crippen LogP contribution in [0.25, 0.3) is 10.9 Å². The van der Waals surface area contributed by atoms with E-state index < -0.39 is 0 Å². The highest BCUT2D eigenvalue weighted by Gasteiger charge is 2.26. The quantitative estimate of drug-likeness (QED) is 0.670. The standard InChI is InChI=1S/C25H35N3O/c1-3-7-19-8-10-20(11-9-19)25(29)26-21-12-13-23-22(17-21)18(2)16-24(27-23)28-14-5-4-6-15-28/h12-13,16-17,19-20H,3-11,14-15H2,1-2H3,(H,26,29). The molecule has 2 aliphatic rings. The first-order chi connectivity index (χ1) is 14.1. The number of hydrogen-bond donors (Lipinski definition) is 1. The van der Waals surface area contributed by atoms with Crippen molar-refractivity contribution in [2.24, 2.45) is 11.8 Å². The van der Waals surface area contributed by atoms with E-state index in [0.29, 0.717) is 0 Å². The minimum Gasteiger partial charge on any atom is -0.357 e. The van der Waals surface area contributed by atoms with Gasteiger partial charge in [-0.1, -0.05) is 19.8 Å². The molecule has 4 heteroatoms. The van der Waals surface area contributed by atoms with Crippen molar-refractivity contribution in [2.75, 3.05) is 23.3 Å². The summed E-state index contributed by atoms with van der Waals surface area (Å²) in [4.78, 5) is 20.1. The number of hydrogen-bond acceptors (Lipinski definition) is 3. The lowest BCUT2D eigenvalue weighted by molar-refractivity contribution is -0.121. The van der Waals surface area contributed by atoms with Crippen molar-refractivity contribution in [1.82, 2.24) is 4.98 Å². The molecule has 2 aromatic rings. The van der Waals surface area contributed by atoms with Crippen LogP contribution in [0.5, 0.6) is 0 Å². The fourth-order valence-corrected chi connectivity index (χ4v) is 5.11. The van der Waals surface area contributed by atoms with Crippen molar-refractivity contribution in [3.63, 3.8) is 0 Å². The van der Waals surface area contributed by atoms with Crippen molar-refractivity contribution in [3.8, 4) is 0 Å². The molecule has 1 amide bonds. The van der Waals surface area contributed by atoms with Gasteiger partial charge in [0.1, 0.15) is 5.82 Å². The third-order valence-corrected chi connectivity index (χ3v) is 6.86. The lowest BCUT2D eigenvalue weighted by atomic mass is 9.80. The highest BCUT2D eigenvalue weighted by Crippen LogP contribution is 2.33. The molecule has 1 saturated carbocycles. The zero-order valence-corrected chi connectivity index (χ0v) is 18.0. The molecule has 1 aliphatic carbocycles. The minimum atomic E-state index is 0.166. The van der Waals surface area contributed by atoms with Crippen LogP contribution >= 0.6 is 0 Å². The van der Waals surface area contributed by atoms with E-state index in [1.54, 1.807) is 0 Å². The van der Waals surface area contributed by atoms with Crippen LogP contribution in [0.2, 0.25) is 0 Å². The maximum absolute atomic E-state index is 12.8. The van der Waals surface area contributed by atoms with E-state index in [9.17, 15) is 4.79 Å². The number of piperidine rings is 1.